The number of alkyl halides is 2. The third-order valence-corrected chi connectivity index (χ3v) is 3.03. The number of hydrogen-bond donors (Lipinski definition) is 1. The Hall–Kier alpha value is -1.75. The van der Waals surface area contributed by atoms with Crippen molar-refractivity contribution >= 4 is 0 Å². The lowest BCUT2D eigenvalue weighted by molar-refractivity contribution is -0.00347. The van der Waals surface area contributed by atoms with Gasteiger partial charge in [0.1, 0.15) is 5.76 Å². The van der Waals surface area contributed by atoms with E-state index in [4.69, 9.17) is 4.52 Å². The van der Waals surface area contributed by atoms with Crippen molar-refractivity contribution in [1.82, 2.24) is 10.5 Å². The van der Waals surface area contributed by atoms with Gasteiger partial charge in [-0.15, -0.1) is 0 Å². The molecule has 0 aliphatic carbocycles. The molecule has 0 atom stereocenters. The SMILES string of the molecule is Cc1noc(C)c1CNCC(F)(F)c1ccccc1. The summed E-state index contributed by atoms with van der Waals surface area (Å²) < 4.78 is 32.8. The lowest BCUT2D eigenvalue weighted by Gasteiger charge is -2.17. The summed E-state index contributed by atoms with van der Waals surface area (Å²) in [5.41, 5.74) is 1.58. The third kappa shape index (κ3) is 3.17. The van der Waals surface area contributed by atoms with E-state index in [0.29, 0.717) is 12.3 Å². The molecule has 1 aromatic carbocycles. The average molecular weight is 266 g/mol. The van der Waals surface area contributed by atoms with E-state index in [-0.39, 0.29) is 5.56 Å². The van der Waals surface area contributed by atoms with Crippen LogP contribution in [0.15, 0.2) is 34.9 Å². The van der Waals surface area contributed by atoms with E-state index < -0.39 is 12.5 Å². The van der Waals surface area contributed by atoms with Crippen molar-refractivity contribution in [3.05, 3.63) is 52.9 Å². The van der Waals surface area contributed by atoms with Gasteiger partial charge >= 0.3 is 0 Å². The quantitative estimate of drug-likeness (QED) is 0.903. The number of rotatable bonds is 5. The fourth-order valence-corrected chi connectivity index (χ4v) is 1.88. The second-order valence-corrected chi connectivity index (χ2v) is 4.48. The van der Waals surface area contributed by atoms with Gasteiger partial charge in [0.15, 0.2) is 0 Å². The molecule has 19 heavy (non-hydrogen) atoms. The number of hydrogen-bond acceptors (Lipinski definition) is 3. The predicted octanol–water partition coefficient (Wildman–Crippen LogP) is 3.17. The molecule has 1 aromatic heterocycles. The van der Waals surface area contributed by atoms with Crippen molar-refractivity contribution in [1.29, 1.82) is 0 Å². The highest BCUT2D eigenvalue weighted by Gasteiger charge is 2.30. The van der Waals surface area contributed by atoms with Crippen LogP contribution in [0, 0.1) is 13.8 Å². The van der Waals surface area contributed by atoms with Crippen LogP contribution >= 0.6 is 0 Å². The summed E-state index contributed by atoms with van der Waals surface area (Å²) in [6.07, 6.45) is 0. The van der Waals surface area contributed by atoms with Gasteiger partial charge in [-0.2, -0.15) is 8.78 Å². The van der Waals surface area contributed by atoms with Crippen molar-refractivity contribution in [3.8, 4) is 0 Å². The highest BCUT2D eigenvalue weighted by molar-refractivity contribution is 5.22. The van der Waals surface area contributed by atoms with E-state index in [1.54, 1.807) is 32.0 Å². The number of benzene rings is 1. The normalized spacial score (nSPS) is 11.8. The van der Waals surface area contributed by atoms with Gasteiger partial charge < -0.3 is 9.84 Å². The van der Waals surface area contributed by atoms with E-state index in [1.165, 1.54) is 12.1 Å². The Labute approximate surface area is 110 Å². The summed E-state index contributed by atoms with van der Waals surface area (Å²) in [6, 6.07) is 7.79. The van der Waals surface area contributed by atoms with Gasteiger partial charge in [0.05, 0.1) is 12.2 Å². The number of halogens is 2. The zero-order chi connectivity index (χ0) is 13.9. The molecule has 0 bridgehead atoms. The molecule has 0 fully saturated rings. The summed E-state index contributed by atoms with van der Waals surface area (Å²) in [7, 11) is 0. The van der Waals surface area contributed by atoms with E-state index in [9.17, 15) is 8.78 Å². The number of nitrogens with one attached hydrogen (secondary N) is 1. The van der Waals surface area contributed by atoms with E-state index >= 15 is 0 Å². The minimum atomic E-state index is -2.89. The first-order chi connectivity index (χ1) is 9.00. The molecule has 3 nitrogen and oxygen atoms in total. The summed E-state index contributed by atoms with van der Waals surface area (Å²) >= 11 is 0. The van der Waals surface area contributed by atoms with Crippen molar-refractivity contribution < 1.29 is 13.3 Å². The maximum Gasteiger partial charge on any atom is 0.285 e. The third-order valence-electron chi connectivity index (χ3n) is 3.03. The van der Waals surface area contributed by atoms with Crippen LogP contribution in [0.4, 0.5) is 8.78 Å². The first kappa shape index (κ1) is 13.7. The first-order valence-electron chi connectivity index (χ1n) is 6.06. The van der Waals surface area contributed by atoms with Gasteiger partial charge in [-0.1, -0.05) is 35.5 Å². The van der Waals surface area contributed by atoms with Crippen LogP contribution in [0.2, 0.25) is 0 Å². The lowest BCUT2D eigenvalue weighted by Crippen LogP contribution is -2.30. The Balaban J connectivity index is 1.96. The molecule has 1 heterocycles. The van der Waals surface area contributed by atoms with Crippen LogP contribution < -0.4 is 5.32 Å². The monoisotopic (exact) mass is 266 g/mol. The highest BCUT2D eigenvalue weighted by Crippen LogP contribution is 2.26. The van der Waals surface area contributed by atoms with Gasteiger partial charge in [0.25, 0.3) is 5.92 Å². The van der Waals surface area contributed by atoms with Crippen LogP contribution in [0.3, 0.4) is 0 Å². The van der Waals surface area contributed by atoms with Crippen molar-refractivity contribution in [2.45, 2.75) is 26.3 Å². The molecule has 0 unspecified atom stereocenters. The van der Waals surface area contributed by atoms with E-state index in [2.05, 4.69) is 10.5 Å². The molecule has 0 aliphatic rings. The standard InChI is InChI=1S/C14H16F2N2O/c1-10-13(11(2)19-18-10)8-17-9-14(15,16)12-6-4-3-5-7-12/h3-7,17H,8-9H2,1-2H3. The Morgan fingerprint density at radius 1 is 1.21 bits per heavy atom. The molecule has 0 saturated heterocycles. The average Bonchev–Trinajstić information content (AvgIpc) is 2.71. The number of aryl methyl sites for hydroxylation is 2. The Kier molecular flexibility index (Phi) is 3.95. The van der Waals surface area contributed by atoms with Gasteiger partial charge in [0, 0.05) is 17.7 Å². The summed E-state index contributed by atoms with van der Waals surface area (Å²) in [5, 5.41) is 6.55. The van der Waals surface area contributed by atoms with Crippen LogP contribution in [0.5, 0.6) is 0 Å². The second-order valence-electron chi connectivity index (χ2n) is 4.48. The van der Waals surface area contributed by atoms with Gasteiger partial charge in [-0.05, 0) is 13.8 Å². The van der Waals surface area contributed by atoms with Crippen molar-refractivity contribution in [3.63, 3.8) is 0 Å². The maximum absolute atomic E-state index is 13.9. The van der Waals surface area contributed by atoms with Gasteiger partial charge in [0.2, 0.25) is 0 Å². The summed E-state index contributed by atoms with van der Waals surface area (Å²) in [4.78, 5) is 0. The van der Waals surface area contributed by atoms with Crippen LogP contribution in [-0.4, -0.2) is 11.7 Å². The van der Waals surface area contributed by atoms with E-state index in [1.807, 2.05) is 0 Å². The largest absolute Gasteiger partial charge is 0.361 e. The van der Waals surface area contributed by atoms with Crippen LogP contribution in [0.25, 0.3) is 0 Å². The Morgan fingerprint density at radius 3 is 2.47 bits per heavy atom. The number of aromatic nitrogens is 1. The fourth-order valence-electron chi connectivity index (χ4n) is 1.88. The zero-order valence-corrected chi connectivity index (χ0v) is 10.9. The van der Waals surface area contributed by atoms with Gasteiger partial charge in [-0.3, -0.25) is 0 Å². The molecule has 0 spiro atoms. The molecule has 5 heteroatoms. The Morgan fingerprint density at radius 2 is 1.89 bits per heavy atom. The molecule has 2 rings (SSSR count). The first-order valence-corrected chi connectivity index (χ1v) is 6.06. The molecular weight excluding hydrogens is 250 g/mol. The lowest BCUT2D eigenvalue weighted by atomic mass is 10.1. The summed E-state index contributed by atoms with van der Waals surface area (Å²) in [6.45, 7) is 3.47. The zero-order valence-electron chi connectivity index (χ0n) is 10.9. The molecule has 102 valence electrons. The minimum absolute atomic E-state index is 0.0151. The number of nitrogens with zero attached hydrogens (tertiary/aromatic N) is 1. The predicted molar refractivity (Wildman–Crippen MR) is 68.0 cm³/mol. The molecular formula is C14H16F2N2O. The summed E-state index contributed by atoms with van der Waals surface area (Å²) in [5.74, 6) is -2.23. The maximum atomic E-state index is 13.9. The molecule has 0 amide bonds. The molecule has 0 radical (unpaired) electrons. The van der Waals surface area contributed by atoms with Crippen molar-refractivity contribution in [2.75, 3.05) is 6.54 Å². The topological polar surface area (TPSA) is 38.1 Å². The smallest absolute Gasteiger partial charge is 0.285 e. The van der Waals surface area contributed by atoms with Crippen LogP contribution in [0.1, 0.15) is 22.6 Å². The van der Waals surface area contributed by atoms with Crippen LogP contribution in [-0.2, 0) is 12.5 Å². The molecule has 0 saturated carbocycles. The van der Waals surface area contributed by atoms with Gasteiger partial charge in [-0.25, -0.2) is 0 Å². The second kappa shape index (κ2) is 5.48. The molecule has 0 aliphatic heterocycles. The minimum Gasteiger partial charge on any atom is -0.361 e. The molecule has 1 N–H and O–H groups in total. The van der Waals surface area contributed by atoms with Crippen molar-refractivity contribution in [2.24, 2.45) is 0 Å². The fraction of sp³-hybridized carbons (Fsp3) is 0.357. The molecule has 2 aromatic rings. The highest BCUT2D eigenvalue weighted by atomic mass is 19.3. The Bertz CT molecular complexity index is 518. The van der Waals surface area contributed by atoms with E-state index in [0.717, 1.165) is 11.3 Å².